The number of nitrogens with one attached hydrogen (secondary N) is 2. The number of nitrogens with zero attached hydrogens (tertiary/aromatic N) is 2. The molecule has 2 aliphatic heterocycles. The van der Waals surface area contributed by atoms with Crippen LogP contribution in [0.4, 0.5) is 4.39 Å². The maximum Gasteiger partial charge on any atom is 0.191 e. The molecule has 8 heteroatoms. The first-order valence-corrected chi connectivity index (χ1v) is 10.4. The lowest BCUT2D eigenvalue weighted by Gasteiger charge is -2.43. The second kappa shape index (κ2) is 10.8. The molecular weight excluding hydrogens is 478 g/mol. The minimum absolute atomic E-state index is 0. The van der Waals surface area contributed by atoms with Crippen LogP contribution in [0, 0.1) is 12.7 Å². The molecule has 0 amide bonds. The molecule has 152 valence electrons. The molecule has 2 fully saturated rings. The molecule has 1 aromatic rings. The number of thioether (sulfide) groups is 1. The number of ether oxygens (including phenoxy) is 1. The molecule has 0 bridgehead atoms. The molecule has 1 aromatic carbocycles. The van der Waals surface area contributed by atoms with E-state index in [1.165, 1.54) is 12.2 Å². The van der Waals surface area contributed by atoms with Crippen molar-refractivity contribution in [3.05, 3.63) is 35.1 Å². The Labute approximate surface area is 182 Å². The topological polar surface area (TPSA) is 48.9 Å². The van der Waals surface area contributed by atoms with Gasteiger partial charge in [-0.1, -0.05) is 12.1 Å². The zero-order chi connectivity index (χ0) is 18.4. The molecule has 1 unspecified atom stereocenters. The van der Waals surface area contributed by atoms with Crippen molar-refractivity contribution >= 4 is 41.7 Å². The maximum atomic E-state index is 13.7. The van der Waals surface area contributed by atoms with Gasteiger partial charge in [0.1, 0.15) is 5.82 Å². The van der Waals surface area contributed by atoms with Crippen molar-refractivity contribution < 1.29 is 9.13 Å². The molecule has 3 rings (SSSR count). The van der Waals surface area contributed by atoms with Crippen LogP contribution in [0.3, 0.4) is 0 Å². The van der Waals surface area contributed by atoms with E-state index in [0.717, 1.165) is 50.1 Å². The van der Waals surface area contributed by atoms with E-state index in [0.29, 0.717) is 12.1 Å². The number of halogens is 2. The lowest BCUT2D eigenvalue weighted by atomic mass is 9.95. The third-order valence-corrected chi connectivity index (χ3v) is 6.50. The second-order valence-corrected chi connectivity index (χ2v) is 8.09. The maximum absolute atomic E-state index is 13.7. The molecule has 2 heterocycles. The quantitative estimate of drug-likeness (QED) is 0.364. The molecule has 0 aliphatic carbocycles. The molecule has 0 spiro atoms. The van der Waals surface area contributed by atoms with Gasteiger partial charge < -0.3 is 15.4 Å². The fourth-order valence-corrected chi connectivity index (χ4v) is 5.01. The van der Waals surface area contributed by atoms with Gasteiger partial charge in [-0.25, -0.2) is 4.39 Å². The van der Waals surface area contributed by atoms with Crippen molar-refractivity contribution in [1.82, 2.24) is 15.5 Å². The Bertz CT molecular complexity index is 634. The van der Waals surface area contributed by atoms with Crippen LogP contribution in [-0.2, 0) is 11.3 Å². The van der Waals surface area contributed by atoms with E-state index in [1.807, 2.05) is 23.9 Å². The van der Waals surface area contributed by atoms with Gasteiger partial charge in [-0.05, 0) is 36.3 Å². The lowest BCUT2D eigenvalue weighted by molar-refractivity contribution is -0.0120. The minimum atomic E-state index is -0.165. The number of guanidine groups is 1. The van der Waals surface area contributed by atoms with Crippen molar-refractivity contribution in [3.63, 3.8) is 0 Å². The van der Waals surface area contributed by atoms with Crippen LogP contribution in [-0.4, -0.2) is 67.8 Å². The van der Waals surface area contributed by atoms with Crippen LogP contribution in [0.1, 0.15) is 17.5 Å². The highest BCUT2D eigenvalue weighted by molar-refractivity contribution is 14.0. The summed E-state index contributed by atoms with van der Waals surface area (Å²) in [5.74, 6) is 2.94. The molecule has 0 radical (unpaired) electrons. The molecule has 27 heavy (non-hydrogen) atoms. The van der Waals surface area contributed by atoms with Crippen molar-refractivity contribution in [3.8, 4) is 0 Å². The van der Waals surface area contributed by atoms with Crippen LogP contribution < -0.4 is 10.6 Å². The molecule has 2 aliphatic rings. The predicted octanol–water partition coefficient (Wildman–Crippen LogP) is 2.63. The number of morpholine rings is 1. The smallest absolute Gasteiger partial charge is 0.191 e. The fourth-order valence-electron chi connectivity index (χ4n) is 3.54. The number of benzene rings is 1. The van der Waals surface area contributed by atoms with E-state index < -0.39 is 0 Å². The van der Waals surface area contributed by atoms with Gasteiger partial charge >= 0.3 is 0 Å². The van der Waals surface area contributed by atoms with Gasteiger partial charge in [0.15, 0.2) is 5.96 Å². The standard InChI is InChI=1S/C19H29FN4OS.HI/c1-15-3-4-16(11-17(15)20)12-22-18(21-2)23-13-19(5-10-26-14-19)24-6-8-25-9-7-24;/h3-4,11H,5-10,12-14H2,1-2H3,(H2,21,22,23);1H. The van der Waals surface area contributed by atoms with Crippen LogP contribution in [0.2, 0.25) is 0 Å². The zero-order valence-corrected chi connectivity index (χ0v) is 19.2. The summed E-state index contributed by atoms with van der Waals surface area (Å²) in [6.07, 6.45) is 1.19. The van der Waals surface area contributed by atoms with E-state index in [-0.39, 0.29) is 35.3 Å². The first kappa shape index (κ1) is 22.7. The van der Waals surface area contributed by atoms with E-state index in [1.54, 1.807) is 20.0 Å². The number of hydrogen-bond acceptors (Lipinski definition) is 4. The fraction of sp³-hybridized carbons (Fsp3) is 0.632. The van der Waals surface area contributed by atoms with Gasteiger partial charge in [0.2, 0.25) is 0 Å². The van der Waals surface area contributed by atoms with Crippen LogP contribution in [0.5, 0.6) is 0 Å². The van der Waals surface area contributed by atoms with Gasteiger partial charge in [-0.3, -0.25) is 9.89 Å². The van der Waals surface area contributed by atoms with Crippen molar-refractivity contribution in [2.24, 2.45) is 4.99 Å². The second-order valence-electron chi connectivity index (χ2n) is 6.99. The largest absolute Gasteiger partial charge is 0.379 e. The number of hydrogen-bond donors (Lipinski definition) is 2. The zero-order valence-electron chi connectivity index (χ0n) is 16.1. The number of aliphatic imine (C=N–C) groups is 1. The molecule has 2 N–H and O–H groups in total. The van der Waals surface area contributed by atoms with E-state index in [9.17, 15) is 4.39 Å². The summed E-state index contributed by atoms with van der Waals surface area (Å²) in [5, 5.41) is 6.79. The van der Waals surface area contributed by atoms with Crippen LogP contribution in [0.15, 0.2) is 23.2 Å². The Balaban J connectivity index is 0.00000261. The first-order chi connectivity index (χ1) is 12.6. The van der Waals surface area contributed by atoms with Crippen molar-refractivity contribution in [2.75, 3.05) is 51.4 Å². The molecule has 1 atom stereocenters. The van der Waals surface area contributed by atoms with Crippen LogP contribution >= 0.6 is 35.7 Å². The lowest BCUT2D eigenvalue weighted by Crippen LogP contribution is -2.60. The number of rotatable bonds is 5. The summed E-state index contributed by atoms with van der Waals surface area (Å²) >= 11 is 2.02. The summed E-state index contributed by atoms with van der Waals surface area (Å²) in [4.78, 5) is 6.91. The third-order valence-electron chi connectivity index (χ3n) is 5.27. The summed E-state index contributed by atoms with van der Waals surface area (Å²) in [6, 6.07) is 5.34. The summed E-state index contributed by atoms with van der Waals surface area (Å²) in [6.45, 7) is 6.82. The van der Waals surface area contributed by atoms with Gasteiger partial charge in [0, 0.05) is 44.5 Å². The Morgan fingerprint density at radius 3 is 2.74 bits per heavy atom. The average molecular weight is 508 g/mol. The summed E-state index contributed by atoms with van der Waals surface area (Å²) in [7, 11) is 1.77. The Morgan fingerprint density at radius 1 is 1.33 bits per heavy atom. The predicted molar refractivity (Wildman–Crippen MR) is 122 cm³/mol. The Hall–Kier alpha value is -0.580. The average Bonchev–Trinajstić information content (AvgIpc) is 3.15. The normalized spacial score (nSPS) is 23.7. The van der Waals surface area contributed by atoms with Gasteiger partial charge in [-0.15, -0.1) is 24.0 Å². The van der Waals surface area contributed by atoms with Crippen molar-refractivity contribution in [1.29, 1.82) is 0 Å². The van der Waals surface area contributed by atoms with E-state index in [2.05, 4.69) is 20.5 Å². The minimum Gasteiger partial charge on any atom is -0.379 e. The highest BCUT2D eigenvalue weighted by Crippen LogP contribution is 2.33. The summed E-state index contributed by atoms with van der Waals surface area (Å²) in [5.41, 5.74) is 1.75. The molecule has 0 saturated carbocycles. The van der Waals surface area contributed by atoms with Crippen molar-refractivity contribution in [2.45, 2.75) is 25.4 Å². The molecule has 2 saturated heterocycles. The van der Waals surface area contributed by atoms with E-state index in [4.69, 9.17) is 4.74 Å². The SMILES string of the molecule is CN=C(NCc1ccc(C)c(F)c1)NCC1(N2CCOCC2)CCSC1.I. The Kier molecular flexibility index (Phi) is 9.10. The Morgan fingerprint density at radius 2 is 2.11 bits per heavy atom. The monoisotopic (exact) mass is 508 g/mol. The van der Waals surface area contributed by atoms with Gasteiger partial charge in [0.25, 0.3) is 0 Å². The highest BCUT2D eigenvalue weighted by atomic mass is 127. The van der Waals surface area contributed by atoms with Gasteiger partial charge in [0.05, 0.1) is 13.2 Å². The van der Waals surface area contributed by atoms with Crippen LogP contribution in [0.25, 0.3) is 0 Å². The molecular formula is C19H30FIN4OS. The van der Waals surface area contributed by atoms with E-state index >= 15 is 0 Å². The number of aryl methyl sites for hydroxylation is 1. The molecule has 5 nitrogen and oxygen atoms in total. The van der Waals surface area contributed by atoms with Gasteiger partial charge in [-0.2, -0.15) is 11.8 Å². The molecule has 0 aromatic heterocycles. The summed E-state index contributed by atoms with van der Waals surface area (Å²) < 4.78 is 19.2. The third kappa shape index (κ3) is 5.95. The highest BCUT2D eigenvalue weighted by Gasteiger charge is 2.40. The first-order valence-electron chi connectivity index (χ1n) is 9.23.